The second-order valence-corrected chi connectivity index (χ2v) is 5.14. The van der Waals surface area contributed by atoms with Gasteiger partial charge in [-0.3, -0.25) is 4.79 Å². The van der Waals surface area contributed by atoms with E-state index >= 15 is 0 Å². The highest BCUT2D eigenvalue weighted by atomic mass is 32.1. The maximum absolute atomic E-state index is 12.2. The molecule has 0 spiro atoms. The Balaban J connectivity index is 2.20. The van der Waals surface area contributed by atoms with Gasteiger partial charge in [0, 0.05) is 11.3 Å². The first-order valence-electron chi connectivity index (χ1n) is 5.98. The lowest BCUT2D eigenvalue weighted by atomic mass is 10.2. The Labute approximate surface area is 116 Å². The number of thiazole rings is 1. The van der Waals surface area contributed by atoms with E-state index in [1.165, 1.54) is 11.3 Å². The summed E-state index contributed by atoms with van der Waals surface area (Å²) in [5.74, 6) is 2.41. The number of carbonyl (C=O) groups excluding carboxylic acids is 1. The summed E-state index contributed by atoms with van der Waals surface area (Å²) >= 11 is 1.43. The molecule has 19 heavy (non-hydrogen) atoms. The first-order chi connectivity index (χ1) is 9.13. The van der Waals surface area contributed by atoms with Gasteiger partial charge >= 0.3 is 0 Å². The predicted octanol–water partition coefficient (Wildman–Crippen LogP) is 3.25. The number of benzene rings is 1. The van der Waals surface area contributed by atoms with Gasteiger partial charge in [0.25, 0.3) is 5.91 Å². The third kappa shape index (κ3) is 3.01. The van der Waals surface area contributed by atoms with Gasteiger partial charge < -0.3 is 5.32 Å². The summed E-state index contributed by atoms with van der Waals surface area (Å²) in [7, 11) is 0. The normalized spacial score (nSPS) is 9.95. The van der Waals surface area contributed by atoms with Crippen LogP contribution >= 0.6 is 11.3 Å². The summed E-state index contributed by atoms with van der Waals surface area (Å²) in [5, 5.41) is 3.82. The molecule has 1 aromatic carbocycles. The molecule has 0 radical (unpaired) electrons. The minimum atomic E-state index is -0.135. The van der Waals surface area contributed by atoms with Crippen molar-refractivity contribution in [2.75, 3.05) is 5.32 Å². The summed E-state index contributed by atoms with van der Waals surface area (Å²) in [4.78, 5) is 17.2. The van der Waals surface area contributed by atoms with Gasteiger partial charge in [-0.15, -0.1) is 17.8 Å². The number of aryl methyl sites for hydroxylation is 2. The van der Waals surface area contributed by atoms with E-state index in [0.29, 0.717) is 10.6 Å². The van der Waals surface area contributed by atoms with Crippen LogP contribution in [0.25, 0.3) is 0 Å². The molecule has 0 aliphatic carbocycles. The lowest BCUT2D eigenvalue weighted by Gasteiger charge is -2.04. The average Bonchev–Trinajstić information content (AvgIpc) is 2.80. The maximum Gasteiger partial charge on any atom is 0.267 e. The van der Waals surface area contributed by atoms with Crippen LogP contribution in [-0.2, 0) is 6.42 Å². The highest BCUT2D eigenvalue weighted by Gasteiger charge is 2.14. The van der Waals surface area contributed by atoms with Crippen molar-refractivity contribution < 1.29 is 4.79 Å². The second kappa shape index (κ2) is 5.68. The topological polar surface area (TPSA) is 42.0 Å². The van der Waals surface area contributed by atoms with Crippen molar-refractivity contribution >= 4 is 22.9 Å². The minimum Gasteiger partial charge on any atom is -0.321 e. The average molecular weight is 270 g/mol. The van der Waals surface area contributed by atoms with Crippen molar-refractivity contribution in [3.8, 4) is 12.3 Å². The van der Waals surface area contributed by atoms with Crippen LogP contribution in [0.4, 0.5) is 5.69 Å². The molecule has 1 heterocycles. The van der Waals surface area contributed by atoms with Crippen LogP contribution in [0, 0.1) is 19.3 Å². The molecule has 0 fully saturated rings. The number of anilines is 1. The Bertz CT molecular complexity index is 652. The largest absolute Gasteiger partial charge is 0.321 e. The molecule has 0 aliphatic rings. The molecule has 1 aromatic heterocycles. The molecule has 96 valence electrons. The maximum atomic E-state index is 12.2. The van der Waals surface area contributed by atoms with Crippen LogP contribution in [0.3, 0.4) is 0 Å². The van der Waals surface area contributed by atoms with Gasteiger partial charge in [0.2, 0.25) is 0 Å². The van der Waals surface area contributed by atoms with E-state index in [0.717, 1.165) is 22.7 Å². The van der Waals surface area contributed by atoms with Crippen LogP contribution < -0.4 is 5.32 Å². The standard InChI is InChI=1S/C15H14N2OS/c1-4-11-7-6-8-12(9-11)17-15(18)14-10(3)16-13(5-2)19-14/h1,6-9H,5H2,2-3H3,(H,17,18). The van der Waals surface area contributed by atoms with Crippen molar-refractivity contribution in [1.82, 2.24) is 4.98 Å². The third-order valence-corrected chi connectivity index (χ3v) is 3.94. The molecule has 4 heteroatoms. The van der Waals surface area contributed by atoms with Crippen molar-refractivity contribution in [2.45, 2.75) is 20.3 Å². The van der Waals surface area contributed by atoms with E-state index in [1.807, 2.05) is 32.0 Å². The summed E-state index contributed by atoms with van der Waals surface area (Å²) in [6, 6.07) is 7.23. The predicted molar refractivity (Wildman–Crippen MR) is 78.6 cm³/mol. The first-order valence-corrected chi connectivity index (χ1v) is 6.80. The Kier molecular flexibility index (Phi) is 3.98. The number of terminal acetylenes is 1. The molecular formula is C15H14N2OS. The van der Waals surface area contributed by atoms with Gasteiger partial charge in [-0.2, -0.15) is 0 Å². The number of hydrogen-bond acceptors (Lipinski definition) is 3. The van der Waals surface area contributed by atoms with Gasteiger partial charge in [-0.05, 0) is 31.5 Å². The van der Waals surface area contributed by atoms with Crippen LogP contribution in [0.5, 0.6) is 0 Å². The summed E-state index contributed by atoms with van der Waals surface area (Å²) in [5.41, 5.74) is 2.21. The molecule has 0 bridgehead atoms. The lowest BCUT2D eigenvalue weighted by Crippen LogP contribution is -2.11. The van der Waals surface area contributed by atoms with E-state index in [2.05, 4.69) is 16.2 Å². The zero-order valence-electron chi connectivity index (χ0n) is 10.9. The van der Waals surface area contributed by atoms with Gasteiger partial charge in [-0.1, -0.05) is 18.9 Å². The molecule has 1 N–H and O–H groups in total. The molecule has 3 nitrogen and oxygen atoms in total. The first kappa shape index (κ1) is 13.3. The molecule has 0 aliphatic heterocycles. The molecule has 0 unspecified atom stereocenters. The molecule has 0 saturated carbocycles. The number of rotatable bonds is 3. The summed E-state index contributed by atoms with van der Waals surface area (Å²) in [6.45, 7) is 3.87. The van der Waals surface area contributed by atoms with Gasteiger partial charge in [0.05, 0.1) is 10.7 Å². The zero-order chi connectivity index (χ0) is 13.8. The molecule has 2 rings (SSSR count). The van der Waals surface area contributed by atoms with Crippen LogP contribution in [0.2, 0.25) is 0 Å². The van der Waals surface area contributed by atoms with Gasteiger partial charge in [0.1, 0.15) is 4.88 Å². The molecule has 0 saturated heterocycles. The van der Waals surface area contributed by atoms with Crippen LogP contribution in [-0.4, -0.2) is 10.9 Å². The molecule has 1 amide bonds. The number of amides is 1. The van der Waals surface area contributed by atoms with Gasteiger partial charge in [0.15, 0.2) is 0 Å². The summed E-state index contributed by atoms with van der Waals surface area (Å²) in [6.07, 6.45) is 6.17. The number of aromatic nitrogens is 1. The fraction of sp³-hybridized carbons (Fsp3) is 0.200. The summed E-state index contributed by atoms with van der Waals surface area (Å²) < 4.78 is 0. The Morgan fingerprint density at radius 2 is 2.32 bits per heavy atom. The number of nitrogens with zero attached hydrogens (tertiary/aromatic N) is 1. The number of carbonyl (C=O) groups is 1. The number of hydrogen-bond donors (Lipinski definition) is 1. The van der Waals surface area contributed by atoms with Crippen LogP contribution in [0.1, 0.15) is 32.9 Å². The Hall–Kier alpha value is -2.12. The smallest absolute Gasteiger partial charge is 0.267 e. The van der Waals surface area contributed by atoms with Crippen molar-refractivity contribution in [3.63, 3.8) is 0 Å². The van der Waals surface area contributed by atoms with Crippen molar-refractivity contribution in [2.24, 2.45) is 0 Å². The molecule has 0 atom stereocenters. The second-order valence-electron chi connectivity index (χ2n) is 4.05. The zero-order valence-corrected chi connectivity index (χ0v) is 11.7. The fourth-order valence-corrected chi connectivity index (χ4v) is 2.59. The van der Waals surface area contributed by atoms with E-state index in [4.69, 9.17) is 6.42 Å². The Morgan fingerprint density at radius 1 is 1.53 bits per heavy atom. The number of nitrogens with one attached hydrogen (secondary N) is 1. The monoisotopic (exact) mass is 270 g/mol. The van der Waals surface area contributed by atoms with E-state index in [9.17, 15) is 4.79 Å². The molecule has 2 aromatic rings. The molecular weight excluding hydrogens is 256 g/mol. The van der Waals surface area contributed by atoms with Gasteiger partial charge in [-0.25, -0.2) is 4.98 Å². The minimum absolute atomic E-state index is 0.135. The van der Waals surface area contributed by atoms with E-state index < -0.39 is 0 Å². The van der Waals surface area contributed by atoms with E-state index in [1.54, 1.807) is 6.07 Å². The van der Waals surface area contributed by atoms with Crippen molar-refractivity contribution in [1.29, 1.82) is 0 Å². The highest BCUT2D eigenvalue weighted by Crippen LogP contribution is 2.20. The van der Waals surface area contributed by atoms with E-state index in [-0.39, 0.29) is 5.91 Å². The van der Waals surface area contributed by atoms with Crippen LogP contribution in [0.15, 0.2) is 24.3 Å². The lowest BCUT2D eigenvalue weighted by molar-refractivity contribution is 0.103. The fourth-order valence-electron chi connectivity index (χ4n) is 1.69. The Morgan fingerprint density at radius 3 is 2.95 bits per heavy atom. The van der Waals surface area contributed by atoms with Crippen molar-refractivity contribution in [3.05, 3.63) is 45.4 Å². The SMILES string of the molecule is C#Cc1cccc(NC(=O)c2sc(CC)nc2C)c1. The quantitative estimate of drug-likeness (QED) is 0.870. The third-order valence-electron chi connectivity index (χ3n) is 2.64. The highest BCUT2D eigenvalue weighted by molar-refractivity contribution is 7.13.